The number of hydrogen-bond donors (Lipinski definition) is 3. The number of amides is 3. The second-order valence-corrected chi connectivity index (χ2v) is 4.98. The van der Waals surface area contributed by atoms with Crippen molar-refractivity contribution in [3.63, 3.8) is 0 Å². The molecule has 0 spiro atoms. The maximum absolute atomic E-state index is 11.9. The van der Waals surface area contributed by atoms with Crippen LogP contribution in [-0.2, 0) is 9.59 Å². The van der Waals surface area contributed by atoms with Crippen LogP contribution in [0.1, 0.15) is 28.8 Å². The molecule has 7 nitrogen and oxygen atoms in total. The molecule has 0 saturated heterocycles. The summed E-state index contributed by atoms with van der Waals surface area (Å²) in [6, 6.07) is 9.77. The van der Waals surface area contributed by atoms with Gasteiger partial charge in [-0.25, -0.2) is 0 Å². The fraction of sp³-hybridized carbons (Fsp3) is 0.118. The SMILES string of the molecule is CC(=O)Nc1ccc(C(=O)NNC(=O)/C=C/c2ccc(C)o2)cc1. The van der Waals surface area contributed by atoms with Crippen LogP contribution in [0.25, 0.3) is 6.08 Å². The molecule has 0 aliphatic rings. The molecule has 24 heavy (non-hydrogen) atoms. The Kier molecular flexibility index (Phi) is 5.51. The van der Waals surface area contributed by atoms with E-state index in [9.17, 15) is 14.4 Å². The Morgan fingerprint density at radius 1 is 1.00 bits per heavy atom. The van der Waals surface area contributed by atoms with Crippen molar-refractivity contribution in [3.05, 3.63) is 59.6 Å². The third-order valence-electron chi connectivity index (χ3n) is 2.93. The fourth-order valence-electron chi connectivity index (χ4n) is 1.84. The minimum Gasteiger partial charge on any atom is -0.462 e. The smallest absolute Gasteiger partial charge is 0.269 e. The van der Waals surface area contributed by atoms with Crippen LogP contribution in [0.3, 0.4) is 0 Å². The van der Waals surface area contributed by atoms with E-state index in [1.807, 2.05) is 0 Å². The molecule has 0 aliphatic carbocycles. The van der Waals surface area contributed by atoms with Crippen molar-refractivity contribution in [2.75, 3.05) is 5.32 Å². The molecule has 0 fully saturated rings. The van der Waals surface area contributed by atoms with Crippen molar-refractivity contribution in [3.8, 4) is 0 Å². The van der Waals surface area contributed by atoms with Crippen LogP contribution >= 0.6 is 0 Å². The van der Waals surface area contributed by atoms with Gasteiger partial charge in [0.1, 0.15) is 11.5 Å². The molecule has 0 atom stereocenters. The van der Waals surface area contributed by atoms with Crippen LogP contribution in [0.5, 0.6) is 0 Å². The normalized spacial score (nSPS) is 10.4. The summed E-state index contributed by atoms with van der Waals surface area (Å²) in [6.45, 7) is 3.20. The van der Waals surface area contributed by atoms with Gasteiger partial charge in [0.15, 0.2) is 0 Å². The molecule has 0 unspecified atom stereocenters. The molecule has 0 aliphatic heterocycles. The van der Waals surface area contributed by atoms with E-state index in [0.717, 1.165) is 5.76 Å². The second-order valence-electron chi connectivity index (χ2n) is 4.98. The van der Waals surface area contributed by atoms with E-state index >= 15 is 0 Å². The molecule has 3 amide bonds. The Labute approximate surface area is 138 Å². The zero-order valence-electron chi connectivity index (χ0n) is 13.3. The molecule has 2 aromatic rings. The van der Waals surface area contributed by atoms with Crippen LogP contribution in [0, 0.1) is 6.92 Å². The number of carbonyl (C=O) groups is 3. The summed E-state index contributed by atoms with van der Waals surface area (Å²) in [6.07, 6.45) is 2.75. The molecular formula is C17H17N3O4. The minimum absolute atomic E-state index is 0.196. The monoisotopic (exact) mass is 327 g/mol. The maximum atomic E-state index is 11.9. The first-order valence-electron chi connectivity index (χ1n) is 7.16. The number of hydrogen-bond acceptors (Lipinski definition) is 4. The highest BCUT2D eigenvalue weighted by Gasteiger charge is 2.06. The Morgan fingerprint density at radius 3 is 2.29 bits per heavy atom. The van der Waals surface area contributed by atoms with Gasteiger partial charge >= 0.3 is 0 Å². The number of benzene rings is 1. The highest BCUT2D eigenvalue weighted by molar-refractivity contribution is 5.98. The number of hydrazine groups is 1. The van der Waals surface area contributed by atoms with Crippen LogP contribution in [-0.4, -0.2) is 17.7 Å². The van der Waals surface area contributed by atoms with Gasteiger partial charge in [-0.2, -0.15) is 0 Å². The Bertz CT molecular complexity index is 775. The van der Waals surface area contributed by atoms with Gasteiger partial charge in [-0.15, -0.1) is 0 Å². The molecule has 7 heteroatoms. The van der Waals surface area contributed by atoms with E-state index < -0.39 is 11.8 Å². The summed E-state index contributed by atoms with van der Waals surface area (Å²) in [7, 11) is 0. The lowest BCUT2D eigenvalue weighted by molar-refractivity contribution is -0.117. The predicted octanol–water partition coefficient (Wildman–Crippen LogP) is 2.02. The molecule has 0 saturated carbocycles. The summed E-state index contributed by atoms with van der Waals surface area (Å²) in [5, 5.41) is 2.60. The highest BCUT2D eigenvalue weighted by atomic mass is 16.3. The molecule has 1 aromatic heterocycles. The maximum Gasteiger partial charge on any atom is 0.269 e. The number of rotatable bonds is 4. The first-order valence-corrected chi connectivity index (χ1v) is 7.16. The van der Waals surface area contributed by atoms with E-state index in [1.54, 1.807) is 31.2 Å². The van der Waals surface area contributed by atoms with Gasteiger partial charge in [-0.1, -0.05) is 0 Å². The molecular weight excluding hydrogens is 310 g/mol. The van der Waals surface area contributed by atoms with Crippen LogP contribution in [0.2, 0.25) is 0 Å². The molecule has 1 aromatic carbocycles. The van der Waals surface area contributed by atoms with E-state index in [2.05, 4.69) is 16.2 Å². The first kappa shape index (κ1) is 17.0. The lowest BCUT2D eigenvalue weighted by atomic mass is 10.2. The van der Waals surface area contributed by atoms with E-state index in [0.29, 0.717) is 17.0 Å². The topological polar surface area (TPSA) is 100 Å². The predicted molar refractivity (Wildman–Crippen MR) is 88.8 cm³/mol. The zero-order valence-corrected chi connectivity index (χ0v) is 13.3. The van der Waals surface area contributed by atoms with Crippen LogP contribution in [0.4, 0.5) is 5.69 Å². The molecule has 0 radical (unpaired) electrons. The fourth-order valence-corrected chi connectivity index (χ4v) is 1.84. The molecule has 3 N–H and O–H groups in total. The van der Waals surface area contributed by atoms with Crippen molar-refractivity contribution < 1.29 is 18.8 Å². The van der Waals surface area contributed by atoms with Crippen molar-refractivity contribution in [2.24, 2.45) is 0 Å². The van der Waals surface area contributed by atoms with Gasteiger partial charge < -0.3 is 9.73 Å². The van der Waals surface area contributed by atoms with E-state index in [1.165, 1.54) is 31.2 Å². The number of furan rings is 1. The summed E-state index contributed by atoms with van der Waals surface area (Å²) in [5.74, 6) is 0.124. The molecule has 1 heterocycles. The number of aryl methyl sites for hydroxylation is 1. The average molecular weight is 327 g/mol. The summed E-state index contributed by atoms with van der Waals surface area (Å²) in [5.41, 5.74) is 5.49. The quantitative estimate of drug-likeness (QED) is 0.591. The number of anilines is 1. The van der Waals surface area contributed by atoms with Gasteiger partial charge in [-0.05, 0) is 49.4 Å². The lowest BCUT2D eigenvalue weighted by Gasteiger charge is -2.06. The van der Waals surface area contributed by atoms with Gasteiger partial charge in [0.25, 0.3) is 11.8 Å². The molecule has 124 valence electrons. The second kappa shape index (κ2) is 7.77. The number of carbonyl (C=O) groups excluding carboxylic acids is 3. The van der Waals surface area contributed by atoms with Crippen LogP contribution in [0.15, 0.2) is 46.9 Å². The van der Waals surface area contributed by atoms with Crippen molar-refractivity contribution in [2.45, 2.75) is 13.8 Å². The average Bonchev–Trinajstić information content (AvgIpc) is 2.96. The van der Waals surface area contributed by atoms with E-state index in [-0.39, 0.29) is 5.91 Å². The van der Waals surface area contributed by atoms with Gasteiger partial charge in [0, 0.05) is 24.3 Å². The zero-order chi connectivity index (χ0) is 17.5. The molecule has 0 bridgehead atoms. The van der Waals surface area contributed by atoms with Gasteiger partial charge in [0.2, 0.25) is 5.91 Å². The highest BCUT2D eigenvalue weighted by Crippen LogP contribution is 2.09. The number of nitrogens with one attached hydrogen (secondary N) is 3. The first-order chi connectivity index (χ1) is 11.4. The Hall–Kier alpha value is -3.35. The summed E-state index contributed by atoms with van der Waals surface area (Å²) >= 11 is 0. The minimum atomic E-state index is -0.493. The summed E-state index contributed by atoms with van der Waals surface area (Å²) < 4.78 is 5.28. The van der Waals surface area contributed by atoms with Gasteiger partial charge in [0.05, 0.1) is 0 Å². The van der Waals surface area contributed by atoms with Gasteiger partial charge in [-0.3, -0.25) is 25.2 Å². The van der Waals surface area contributed by atoms with Crippen molar-refractivity contribution in [1.29, 1.82) is 0 Å². The summed E-state index contributed by atoms with van der Waals surface area (Å²) in [4.78, 5) is 34.5. The van der Waals surface area contributed by atoms with Crippen LogP contribution < -0.4 is 16.2 Å². The standard InChI is InChI=1S/C17H17N3O4/c1-11-3-8-15(24-11)9-10-16(22)19-20-17(23)13-4-6-14(7-5-13)18-12(2)21/h3-10H,1-2H3,(H,18,21)(H,19,22)(H,20,23)/b10-9+. The van der Waals surface area contributed by atoms with E-state index in [4.69, 9.17) is 4.42 Å². The molecule has 2 rings (SSSR count). The Balaban J connectivity index is 1.84. The lowest BCUT2D eigenvalue weighted by Crippen LogP contribution is -2.40. The van der Waals surface area contributed by atoms with Crippen molar-refractivity contribution >= 4 is 29.5 Å². The Morgan fingerprint density at radius 2 is 1.71 bits per heavy atom. The van der Waals surface area contributed by atoms with Crippen molar-refractivity contribution in [1.82, 2.24) is 10.9 Å². The third kappa shape index (κ3) is 5.13. The third-order valence-corrected chi connectivity index (χ3v) is 2.93. The largest absolute Gasteiger partial charge is 0.462 e.